The predicted octanol–water partition coefficient (Wildman–Crippen LogP) is 3.19. The minimum Gasteiger partial charge on any atom is -0.492 e. The maximum absolute atomic E-state index is 12.2. The maximum Gasteiger partial charge on any atom is 0.272 e. The summed E-state index contributed by atoms with van der Waals surface area (Å²) in [6.07, 6.45) is 0. The average molecular weight is 305 g/mol. The fourth-order valence-corrected chi connectivity index (χ4v) is 2.00. The zero-order chi connectivity index (χ0) is 15.2. The lowest BCUT2D eigenvalue weighted by Gasteiger charge is -2.17. The van der Waals surface area contributed by atoms with Crippen molar-refractivity contribution >= 4 is 17.5 Å². The number of carbonyl (C=O) groups is 1. The monoisotopic (exact) mass is 304 g/mol. The topological polar surface area (TPSA) is 42.4 Å². The third kappa shape index (κ3) is 4.46. The maximum atomic E-state index is 12.2. The number of amides is 1. The number of hydrogen-bond donors (Lipinski definition) is 0. The molecule has 0 unspecified atom stereocenters. The van der Waals surface area contributed by atoms with Crippen molar-refractivity contribution in [3.63, 3.8) is 0 Å². The molecule has 0 atom stereocenters. The number of ether oxygens (including phenoxy) is 1. The number of halogens is 1. The summed E-state index contributed by atoms with van der Waals surface area (Å²) in [5, 5.41) is 0.626. The van der Waals surface area contributed by atoms with Crippen molar-refractivity contribution in [1.29, 1.82) is 0 Å². The molecule has 0 spiro atoms. The van der Waals surface area contributed by atoms with Crippen molar-refractivity contribution in [3.05, 3.63) is 58.9 Å². The van der Waals surface area contributed by atoms with E-state index in [1.165, 1.54) is 0 Å². The van der Waals surface area contributed by atoms with Crippen molar-refractivity contribution < 1.29 is 9.53 Å². The van der Waals surface area contributed by atoms with Crippen molar-refractivity contribution in [2.45, 2.75) is 6.92 Å². The Kier molecular flexibility index (Phi) is 5.17. The minimum absolute atomic E-state index is 0.117. The molecule has 5 heteroatoms. The van der Waals surface area contributed by atoms with Crippen LogP contribution in [0.4, 0.5) is 0 Å². The smallest absolute Gasteiger partial charge is 0.272 e. The lowest BCUT2D eigenvalue weighted by molar-refractivity contribution is 0.0768. The highest BCUT2D eigenvalue weighted by Crippen LogP contribution is 2.16. The van der Waals surface area contributed by atoms with E-state index >= 15 is 0 Å². The highest BCUT2D eigenvalue weighted by atomic mass is 35.5. The van der Waals surface area contributed by atoms with E-state index < -0.39 is 0 Å². The van der Waals surface area contributed by atoms with E-state index in [1.807, 2.05) is 31.2 Å². The Morgan fingerprint density at radius 3 is 2.76 bits per heavy atom. The standard InChI is InChI=1S/C16H17ClN2O2/c1-12-5-3-8-15(18-12)16(20)19(2)9-10-21-14-7-4-6-13(17)11-14/h3-8,11H,9-10H2,1-2H3. The summed E-state index contributed by atoms with van der Waals surface area (Å²) in [4.78, 5) is 18.0. The van der Waals surface area contributed by atoms with Crippen LogP contribution in [0.3, 0.4) is 0 Å². The third-order valence-corrected chi connectivity index (χ3v) is 3.18. The van der Waals surface area contributed by atoms with Crippen LogP contribution in [0.5, 0.6) is 5.75 Å². The summed E-state index contributed by atoms with van der Waals surface area (Å²) in [7, 11) is 1.73. The number of hydrogen-bond acceptors (Lipinski definition) is 3. The number of likely N-dealkylation sites (N-methyl/N-ethyl adjacent to an activating group) is 1. The number of aromatic nitrogens is 1. The zero-order valence-corrected chi connectivity index (χ0v) is 12.8. The van der Waals surface area contributed by atoms with Crippen LogP contribution in [0.15, 0.2) is 42.5 Å². The van der Waals surface area contributed by atoms with Gasteiger partial charge in [0.05, 0.1) is 6.54 Å². The van der Waals surface area contributed by atoms with E-state index in [9.17, 15) is 4.79 Å². The summed E-state index contributed by atoms with van der Waals surface area (Å²) < 4.78 is 5.57. The van der Waals surface area contributed by atoms with Crippen molar-refractivity contribution in [1.82, 2.24) is 9.88 Å². The molecule has 2 aromatic rings. The Bertz CT molecular complexity index is 631. The van der Waals surface area contributed by atoms with Gasteiger partial charge in [0.2, 0.25) is 0 Å². The molecule has 0 saturated heterocycles. The van der Waals surface area contributed by atoms with Crippen LogP contribution < -0.4 is 4.74 Å². The lowest BCUT2D eigenvalue weighted by Crippen LogP contribution is -2.31. The average Bonchev–Trinajstić information content (AvgIpc) is 2.46. The van der Waals surface area contributed by atoms with Crippen molar-refractivity contribution in [2.75, 3.05) is 20.2 Å². The van der Waals surface area contributed by atoms with Crippen LogP contribution >= 0.6 is 11.6 Å². The van der Waals surface area contributed by atoms with Crippen LogP contribution in [0.1, 0.15) is 16.2 Å². The van der Waals surface area contributed by atoms with Gasteiger partial charge in [-0.3, -0.25) is 4.79 Å². The summed E-state index contributed by atoms with van der Waals surface area (Å²) in [6, 6.07) is 12.6. The molecule has 1 aromatic heterocycles. The minimum atomic E-state index is -0.117. The van der Waals surface area contributed by atoms with Gasteiger partial charge in [0.25, 0.3) is 5.91 Å². The number of benzene rings is 1. The molecule has 4 nitrogen and oxygen atoms in total. The SMILES string of the molecule is Cc1cccc(C(=O)N(C)CCOc2cccc(Cl)c2)n1. The van der Waals surface area contributed by atoms with Crippen LogP contribution in [-0.4, -0.2) is 36.0 Å². The molecule has 21 heavy (non-hydrogen) atoms. The van der Waals surface area contributed by atoms with Gasteiger partial charge in [-0.05, 0) is 37.3 Å². The third-order valence-electron chi connectivity index (χ3n) is 2.95. The molecule has 0 aliphatic carbocycles. The van der Waals surface area contributed by atoms with Crippen molar-refractivity contribution in [3.8, 4) is 5.75 Å². The molecule has 0 radical (unpaired) electrons. The van der Waals surface area contributed by atoms with Gasteiger partial charge in [0.15, 0.2) is 0 Å². The normalized spacial score (nSPS) is 10.2. The molecule has 0 bridgehead atoms. The first-order valence-corrected chi connectivity index (χ1v) is 7.01. The Labute approximate surface area is 129 Å². The first-order valence-electron chi connectivity index (χ1n) is 6.64. The van der Waals surface area contributed by atoms with Gasteiger partial charge in [-0.1, -0.05) is 23.7 Å². The molecular weight excluding hydrogens is 288 g/mol. The number of aryl methyl sites for hydroxylation is 1. The predicted molar refractivity (Wildman–Crippen MR) is 82.9 cm³/mol. The second-order valence-electron chi connectivity index (χ2n) is 4.70. The number of nitrogens with zero attached hydrogens (tertiary/aromatic N) is 2. The van der Waals surface area contributed by atoms with Gasteiger partial charge in [-0.15, -0.1) is 0 Å². The van der Waals surface area contributed by atoms with Gasteiger partial charge in [0, 0.05) is 17.8 Å². The van der Waals surface area contributed by atoms with Gasteiger partial charge in [-0.25, -0.2) is 4.98 Å². The van der Waals surface area contributed by atoms with Gasteiger partial charge in [-0.2, -0.15) is 0 Å². The lowest BCUT2D eigenvalue weighted by atomic mass is 10.3. The molecule has 0 aliphatic heterocycles. The van der Waals surface area contributed by atoms with Crippen LogP contribution in [-0.2, 0) is 0 Å². The summed E-state index contributed by atoms with van der Waals surface area (Å²) >= 11 is 5.88. The first-order chi connectivity index (χ1) is 10.1. The fourth-order valence-electron chi connectivity index (χ4n) is 1.82. The molecule has 0 N–H and O–H groups in total. The quantitative estimate of drug-likeness (QED) is 0.852. The van der Waals surface area contributed by atoms with E-state index in [4.69, 9.17) is 16.3 Å². The molecule has 1 aromatic carbocycles. The molecule has 110 valence electrons. The number of pyridine rings is 1. The van der Waals surface area contributed by atoms with Gasteiger partial charge >= 0.3 is 0 Å². The Balaban J connectivity index is 1.87. The second kappa shape index (κ2) is 7.09. The van der Waals surface area contributed by atoms with Gasteiger partial charge in [0.1, 0.15) is 18.1 Å². The van der Waals surface area contributed by atoms with Crippen LogP contribution in [0.25, 0.3) is 0 Å². The Morgan fingerprint density at radius 2 is 2.05 bits per heavy atom. The van der Waals surface area contributed by atoms with Crippen LogP contribution in [0, 0.1) is 6.92 Å². The van der Waals surface area contributed by atoms with E-state index in [2.05, 4.69) is 4.98 Å². The Morgan fingerprint density at radius 1 is 1.29 bits per heavy atom. The summed E-state index contributed by atoms with van der Waals surface area (Å²) in [5.74, 6) is 0.574. The van der Waals surface area contributed by atoms with Crippen molar-refractivity contribution in [2.24, 2.45) is 0 Å². The summed E-state index contributed by atoms with van der Waals surface area (Å²) in [5.41, 5.74) is 1.27. The molecule has 1 heterocycles. The van der Waals surface area contributed by atoms with Crippen LogP contribution in [0.2, 0.25) is 5.02 Å². The second-order valence-corrected chi connectivity index (χ2v) is 5.13. The van der Waals surface area contributed by atoms with E-state index in [1.54, 1.807) is 30.1 Å². The van der Waals surface area contributed by atoms with E-state index in [0.717, 1.165) is 5.69 Å². The number of rotatable bonds is 5. The molecule has 1 amide bonds. The highest BCUT2D eigenvalue weighted by molar-refractivity contribution is 6.30. The molecule has 0 fully saturated rings. The molecule has 2 rings (SSSR count). The molecule has 0 saturated carbocycles. The largest absolute Gasteiger partial charge is 0.492 e. The molecule has 0 aliphatic rings. The summed E-state index contributed by atoms with van der Waals surface area (Å²) in [6.45, 7) is 2.73. The van der Waals surface area contributed by atoms with Gasteiger partial charge < -0.3 is 9.64 Å². The molecular formula is C16H17ClN2O2. The van der Waals surface area contributed by atoms with E-state index in [-0.39, 0.29) is 5.91 Å². The number of carbonyl (C=O) groups excluding carboxylic acids is 1. The fraction of sp³-hybridized carbons (Fsp3) is 0.250. The van der Waals surface area contributed by atoms with E-state index in [0.29, 0.717) is 29.6 Å². The highest BCUT2D eigenvalue weighted by Gasteiger charge is 2.12. The first kappa shape index (κ1) is 15.3. The zero-order valence-electron chi connectivity index (χ0n) is 12.0. The Hall–Kier alpha value is -2.07.